The number of nitrogens with one attached hydrogen (secondary N) is 1. The van der Waals surface area contributed by atoms with E-state index in [9.17, 15) is 22.8 Å². The molecule has 2 amide bonds. The van der Waals surface area contributed by atoms with Gasteiger partial charge in [-0.2, -0.15) is 13.2 Å². The Morgan fingerprint density at radius 3 is 2.51 bits per heavy atom. The van der Waals surface area contributed by atoms with Crippen LogP contribution in [0.3, 0.4) is 0 Å². The van der Waals surface area contributed by atoms with Gasteiger partial charge in [-0.3, -0.25) is 9.59 Å². The molecule has 4 rings (SSSR count). The molecule has 1 aliphatic heterocycles. The molecule has 0 bridgehead atoms. The van der Waals surface area contributed by atoms with Crippen LogP contribution in [0.1, 0.15) is 27.0 Å². The molecule has 35 heavy (non-hydrogen) atoms. The van der Waals surface area contributed by atoms with Crippen molar-refractivity contribution in [2.45, 2.75) is 12.7 Å². The summed E-state index contributed by atoms with van der Waals surface area (Å²) < 4.78 is 49.4. The monoisotopic (exact) mass is 482 g/mol. The van der Waals surface area contributed by atoms with E-state index in [1.807, 2.05) is 18.2 Å². The summed E-state index contributed by atoms with van der Waals surface area (Å²) in [6, 6.07) is 16.4. The SMILES string of the molecule is COc1cccc(CNC(=O)c2ccc3c(c2)O/C(=C/c2ccc(C(F)(F)F)cc2)C(=O)N3C)c1. The molecule has 1 N–H and O–H groups in total. The van der Waals surface area contributed by atoms with Gasteiger partial charge in [0.25, 0.3) is 11.8 Å². The maximum absolute atomic E-state index is 12.8. The van der Waals surface area contributed by atoms with Gasteiger partial charge in [-0.1, -0.05) is 24.3 Å². The van der Waals surface area contributed by atoms with Gasteiger partial charge in [0.15, 0.2) is 11.5 Å². The van der Waals surface area contributed by atoms with Crippen LogP contribution >= 0.6 is 0 Å². The molecule has 0 atom stereocenters. The average Bonchev–Trinajstić information content (AvgIpc) is 2.85. The molecular weight excluding hydrogens is 461 g/mol. The number of hydrogen-bond acceptors (Lipinski definition) is 4. The second kappa shape index (κ2) is 9.54. The van der Waals surface area contributed by atoms with Gasteiger partial charge in [-0.15, -0.1) is 0 Å². The van der Waals surface area contributed by atoms with Gasteiger partial charge in [0.1, 0.15) is 5.75 Å². The number of likely N-dealkylation sites (N-methyl/N-ethyl adjacent to an activating group) is 1. The lowest BCUT2D eigenvalue weighted by Crippen LogP contribution is -2.34. The number of fused-ring (bicyclic) bond motifs is 1. The number of ether oxygens (including phenoxy) is 2. The highest BCUT2D eigenvalue weighted by molar-refractivity contribution is 6.10. The Hall–Kier alpha value is -4.27. The topological polar surface area (TPSA) is 67.9 Å². The molecule has 0 saturated heterocycles. The Kier molecular flexibility index (Phi) is 6.50. The van der Waals surface area contributed by atoms with Crippen molar-refractivity contribution in [1.82, 2.24) is 5.32 Å². The number of carbonyl (C=O) groups is 2. The number of halogens is 3. The highest BCUT2D eigenvalue weighted by atomic mass is 19.4. The summed E-state index contributed by atoms with van der Waals surface area (Å²) >= 11 is 0. The van der Waals surface area contributed by atoms with E-state index in [0.717, 1.165) is 17.7 Å². The minimum atomic E-state index is -4.45. The smallest absolute Gasteiger partial charge is 0.416 e. The zero-order valence-corrected chi connectivity index (χ0v) is 18.8. The van der Waals surface area contributed by atoms with E-state index >= 15 is 0 Å². The predicted octanol–water partition coefficient (Wildman–Crippen LogP) is 5.04. The molecule has 0 spiro atoms. The fraction of sp³-hybridized carbons (Fsp3) is 0.154. The Bertz CT molecular complexity index is 1300. The first-order valence-corrected chi connectivity index (χ1v) is 10.6. The van der Waals surface area contributed by atoms with E-state index in [2.05, 4.69) is 5.32 Å². The van der Waals surface area contributed by atoms with Crippen LogP contribution in [0, 0.1) is 0 Å². The first-order valence-electron chi connectivity index (χ1n) is 10.6. The molecule has 180 valence electrons. The standard InChI is InChI=1S/C26H21F3N2O4/c1-31-21-11-8-18(24(32)30-15-17-4-3-5-20(12-17)34-2)14-22(21)35-23(25(31)33)13-16-6-9-19(10-7-16)26(27,28)29/h3-14H,15H2,1-2H3,(H,30,32)/b23-13+. The highest BCUT2D eigenvalue weighted by Crippen LogP contribution is 2.36. The lowest BCUT2D eigenvalue weighted by Gasteiger charge is -2.27. The third-order valence-corrected chi connectivity index (χ3v) is 5.44. The van der Waals surface area contributed by atoms with Gasteiger partial charge in [-0.25, -0.2) is 0 Å². The molecule has 0 aromatic heterocycles. The molecule has 1 aliphatic rings. The predicted molar refractivity (Wildman–Crippen MR) is 124 cm³/mol. The number of carbonyl (C=O) groups excluding carboxylic acids is 2. The van der Waals surface area contributed by atoms with Crippen molar-refractivity contribution in [2.75, 3.05) is 19.1 Å². The Morgan fingerprint density at radius 2 is 1.83 bits per heavy atom. The number of benzene rings is 3. The summed E-state index contributed by atoms with van der Waals surface area (Å²) in [5.74, 6) is 0.0756. The fourth-order valence-corrected chi connectivity index (χ4v) is 3.53. The summed E-state index contributed by atoms with van der Waals surface area (Å²) in [4.78, 5) is 26.8. The molecule has 1 heterocycles. The molecule has 3 aromatic carbocycles. The van der Waals surface area contributed by atoms with Crippen LogP contribution in [0.2, 0.25) is 0 Å². The minimum absolute atomic E-state index is 0.0753. The Morgan fingerprint density at radius 1 is 1.09 bits per heavy atom. The maximum atomic E-state index is 12.8. The fourth-order valence-electron chi connectivity index (χ4n) is 3.53. The molecule has 9 heteroatoms. The number of hydrogen-bond donors (Lipinski definition) is 1. The van der Waals surface area contributed by atoms with E-state index in [1.165, 1.54) is 29.2 Å². The molecule has 3 aromatic rings. The van der Waals surface area contributed by atoms with Gasteiger partial charge >= 0.3 is 6.18 Å². The largest absolute Gasteiger partial charge is 0.497 e. The van der Waals surface area contributed by atoms with Crippen molar-refractivity contribution < 1.29 is 32.2 Å². The summed E-state index contributed by atoms with van der Waals surface area (Å²) in [5, 5.41) is 2.82. The van der Waals surface area contributed by atoms with Crippen LogP contribution in [0.25, 0.3) is 6.08 Å². The molecule has 0 fully saturated rings. The summed E-state index contributed by atoms with van der Waals surface area (Å²) in [6.07, 6.45) is -3.09. The molecule has 0 aliphatic carbocycles. The molecular formula is C26H21F3N2O4. The van der Waals surface area contributed by atoms with Crippen LogP contribution in [0.4, 0.5) is 18.9 Å². The van der Waals surface area contributed by atoms with Gasteiger partial charge in [-0.05, 0) is 59.7 Å². The van der Waals surface area contributed by atoms with Gasteiger partial charge in [0.05, 0.1) is 18.4 Å². The number of methoxy groups -OCH3 is 1. The van der Waals surface area contributed by atoms with Crippen molar-refractivity contribution in [1.29, 1.82) is 0 Å². The van der Waals surface area contributed by atoms with Crippen molar-refractivity contribution >= 4 is 23.6 Å². The van der Waals surface area contributed by atoms with E-state index in [-0.39, 0.29) is 24.0 Å². The Balaban J connectivity index is 1.53. The highest BCUT2D eigenvalue weighted by Gasteiger charge is 2.31. The first kappa shape index (κ1) is 23.9. The molecule has 6 nitrogen and oxygen atoms in total. The Labute approximate surface area is 199 Å². The summed E-state index contributed by atoms with van der Waals surface area (Å²) in [5.41, 5.74) is 1.22. The number of rotatable bonds is 5. The second-order valence-electron chi connectivity index (χ2n) is 7.81. The van der Waals surface area contributed by atoms with Crippen molar-refractivity contribution in [3.8, 4) is 11.5 Å². The molecule has 0 radical (unpaired) electrons. The minimum Gasteiger partial charge on any atom is -0.497 e. The van der Waals surface area contributed by atoms with Crippen LogP contribution in [0.5, 0.6) is 11.5 Å². The van der Waals surface area contributed by atoms with Crippen molar-refractivity contribution in [3.63, 3.8) is 0 Å². The van der Waals surface area contributed by atoms with Gasteiger partial charge in [0, 0.05) is 19.2 Å². The summed E-state index contributed by atoms with van der Waals surface area (Å²) in [6.45, 7) is 0.283. The third kappa shape index (κ3) is 5.29. The average molecular weight is 482 g/mol. The zero-order valence-electron chi connectivity index (χ0n) is 18.8. The lowest BCUT2D eigenvalue weighted by molar-refractivity contribution is -0.137. The zero-order chi connectivity index (χ0) is 25.2. The molecule has 0 unspecified atom stereocenters. The summed E-state index contributed by atoms with van der Waals surface area (Å²) in [7, 11) is 3.11. The second-order valence-corrected chi connectivity index (χ2v) is 7.81. The van der Waals surface area contributed by atoms with Crippen molar-refractivity contribution in [2.24, 2.45) is 0 Å². The lowest BCUT2D eigenvalue weighted by atomic mass is 10.1. The van der Waals surface area contributed by atoms with E-state index in [0.29, 0.717) is 22.6 Å². The van der Waals surface area contributed by atoms with Crippen LogP contribution in [-0.4, -0.2) is 26.0 Å². The number of anilines is 1. The number of amides is 2. The van der Waals surface area contributed by atoms with Gasteiger partial charge < -0.3 is 19.7 Å². The van der Waals surface area contributed by atoms with Crippen LogP contribution in [-0.2, 0) is 17.5 Å². The quantitative estimate of drug-likeness (QED) is 0.518. The van der Waals surface area contributed by atoms with E-state index in [4.69, 9.17) is 9.47 Å². The third-order valence-electron chi connectivity index (χ3n) is 5.44. The van der Waals surface area contributed by atoms with Crippen LogP contribution < -0.4 is 19.7 Å². The van der Waals surface area contributed by atoms with Gasteiger partial charge in [0.2, 0.25) is 0 Å². The van der Waals surface area contributed by atoms with E-state index in [1.54, 1.807) is 32.4 Å². The molecule has 0 saturated carbocycles. The van der Waals surface area contributed by atoms with E-state index < -0.39 is 17.6 Å². The number of nitrogens with zero attached hydrogens (tertiary/aromatic N) is 1. The van der Waals surface area contributed by atoms with Crippen LogP contribution in [0.15, 0.2) is 72.5 Å². The normalized spacial score (nSPS) is 14.4. The number of alkyl halides is 3. The maximum Gasteiger partial charge on any atom is 0.416 e. The first-order chi connectivity index (χ1) is 16.7. The van der Waals surface area contributed by atoms with Crippen molar-refractivity contribution in [3.05, 3.63) is 94.7 Å².